The van der Waals surface area contributed by atoms with Crippen LogP contribution in [0.4, 0.5) is 0 Å². The highest BCUT2D eigenvalue weighted by Gasteiger charge is 2.32. The van der Waals surface area contributed by atoms with E-state index in [-0.39, 0.29) is 0 Å². The predicted molar refractivity (Wildman–Crippen MR) is 63.7 cm³/mol. The molecule has 0 saturated carbocycles. The van der Waals surface area contributed by atoms with Crippen LogP contribution in [0.15, 0.2) is 0 Å². The molecule has 14 heavy (non-hydrogen) atoms. The molecule has 2 aliphatic heterocycles. The molecule has 0 radical (unpaired) electrons. The first-order valence-electron chi connectivity index (χ1n) is 6.11. The summed E-state index contributed by atoms with van der Waals surface area (Å²) in [7, 11) is -1.71. The maximum Gasteiger partial charge on any atom is 0.179 e. The van der Waals surface area contributed by atoms with Crippen molar-refractivity contribution in [2.24, 2.45) is 0 Å². The highest BCUT2D eigenvalue weighted by Crippen LogP contribution is 2.28. The van der Waals surface area contributed by atoms with Crippen LogP contribution in [0.2, 0.25) is 17.3 Å². The van der Waals surface area contributed by atoms with E-state index in [1.54, 1.807) is 0 Å². The van der Waals surface area contributed by atoms with Crippen LogP contribution >= 0.6 is 0 Å². The lowest BCUT2D eigenvalue weighted by Gasteiger charge is -2.33. The van der Waals surface area contributed by atoms with Crippen molar-refractivity contribution < 1.29 is 8.85 Å². The van der Waals surface area contributed by atoms with E-state index in [1.165, 1.54) is 37.8 Å². The van der Waals surface area contributed by atoms with Crippen molar-refractivity contribution in [3.8, 4) is 0 Å². The van der Waals surface area contributed by atoms with Crippen LogP contribution in [-0.2, 0) is 8.85 Å². The predicted octanol–water partition coefficient (Wildman–Crippen LogP) is 1.98. The van der Waals surface area contributed by atoms with Gasteiger partial charge in [0.2, 0.25) is 0 Å². The second-order valence-corrected chi connectivity index (χ2v) is 11.5. The molecular formula is C10H22O2Si2. The molecule has 4 heteroatoms. The van der Waals surface area contributed by atoms with E-state index >= 15 is 0 Å². The molecule has 0 aromatic heterocycles. The average Bonchev–Trinajstić information content (AvgIpc) is 2.30. The second-order valence-electron chi connectivity index (χ2n) is 4.67. The molecule has 2 unspecified atom stereocenters. The van der Waals surface area contributed by atoms with Crippen molar-refractivity contribution >= 4 is 18.1 Å². The second kappa shape index (κ2) is 5.44. The molecule has 0 spiro atoms. The smallest absolute Gasteiger partial charge is 0.179 e. The van der Waals surface area contributed by atoms with Gasteiger partial charge in [-0.3, -0.25) is 0 Å². The first kappa shape index (κ1) is 10.9. The van der Waals surface area contributed by atoms with Gasteiger partial charge < -0.3 is 8.85 Å². The van der Waals surface area contributed by atoms with Gasteiger partial charge in [0.05, 0.1) is 0 Å². The molecule has 0 aromatic rings. The van der Waals surface area contributed by atoms with Crippen LogP contribution in [0, 0.1) is 0 Å². The zero-order valence-corrected chi connectivity index (χ0v) is 11.5. The van der Waals surface area contributed by atoms with E-state index in [0.717, 1.165) is 18.4 Å². The summed E-state index contributed by atoms with van der Waals surface area (Å²) < 4.78 is 12.0. The molecular weight excluding hydrogens is 208 g/mol. The van der Waals surface area contributed by atoms with Gasteiger partial charge in [-0.1, -0.05) is 19.8 Å². The van der Waals surface area contributed by atoms with Crippen LogP contribution in [-0.4, -0.2) is 31.3 Å². The van der Waals surface area contributed by atoms with E-state index in [9.17, 15) is 0 Å². The molecule has 2 nitrogen and oxygen atoms in total. The van der Waals surface area contributed by atoms with Crippen molar-refractivity contribution in [3.05, 3.63) is 0 Å². The Kier molecular flexibility index (Phi) is 4.22. The molecule has 0 aliphatic carbocycles. The minimum absolute atomic E-state index is 0.857. The summed E-state index contributed by atoms with van der Waals surface area (Å²) in [6, 6.07) is 2.82. The SMILES string of the molecule is CC([SiH]1CCCCO1)[SiH]1CCCCO1. The summed E-state index contributed by atoms with van der Waals surface area (Å²) in [5, 5.41) is 0.871. The van der Waals surface area contributed by atoms with Gasteiger partial charge >= 0.3 is 0 Å². The Balaban J connectivity index is 1.82. The summed E-state index contributed by atoms with van der Waals surface area (Å²) in [5.74, 6) is 0. The van der Waals surface area contributed by atoms with Gasteiger partial charge in [-0.2, -0.15) is 0 Å². The van der Waals surface area contributed by atoms with Gasteiger partial charge in [-0.25, -0.2) is 0 Å². The van der Waals surface area contributed by atoms with Gasteiger partial charge in [0.15, 0.2) is 18.1 Å². The fourth-order valence-electron chi connectivity index (χ4n) is 2.60. The van der Waals surface area contributed by atoms with Crippen LogP contribution in [0.3, 0.4) is 0 Å². The third-order valence-corrected chi connectivity index (χ3v) is 11.8. The Labute approximate surface area is 90.4 Å². The van der Waals surface area contributed by atoms with Gasteiger partial charge in [0, 0.05) is 13.2 Å². The molecule has 0 N–H and O–H groups in total. The highest BCUT2D eigenvalue weighted by atomic mass is 28.4. The summed E-state index contributed by atoms with van der Waals surface area (Å²) >= 11 is 0. The van der Waals surface area contributed by atoms with Crippen molar-refractivity contribution in [2.75, 3.05) is 13.2 Å². The Morgan fingerprint density at radius 3 is 1.71 bits per heavy atom. The van der Waals surface area contributed by atoms with Gasteiger partial charge in [0.25, 0.3) is 0 Å². The van der Waals surface area contributed by atoms with Gasteiger partial charge in [0.1, 0.15) is 0 Å². The molecule has 82 valence electrons. The zero-order chi connectivity index (χ0) is 9.80. The minimum Gasteiger partial charge on any atom is -0.420 e. The van der Waals surface area contributed by atoms with Crippen molar-refractivity contribution in [3.63, 3.8) is 0 Å². The Morgan fingerprint density at radius 1 is 0.857 bits per heavy atom. The molecule has 2 atom stereocenters. The molecule has 0 bridgehead atoms. The maximum absolute atomic E-state index is 5.99. The van der Waals surface area contributed by atoms with Gasteiger partial charge in [-0.15, -0.1) is 0 Å². The van der Waals surface area contributed by atoms with E-state index < -0.39 is 18.1 Å². The lowest BCUT2D eigenvalue weighted by Crippen LogP contribution is -2.39. The van der Waals surface area contributed by atoms with Crippen molar-refractivity contribution in [1.29, 1.82) is 0 Å². The largest absolute Gasteiger partial charge is 0.420 e. The van der Waals surface area contributed by atoms with Crippen molar-refractivity contribution in [1.82, 2.24) is 0 Å². The first-order chi connectivity index (χ1) is 6.88. The fourth-order valence-corrected chi connectivity index (χ4v) is 10.6. The summed E-state index contributed by atoms with van der Waals surface area (Å²) in [6.07, 6.45) is 5.43. The highest BCUT2D eigenvalue weighted by molar-refractivity contribution is 6.73. The van der Waals surface area contributed by atoms with E-state index in [4.69, 9.17) is 8.85 Å². The standard InChI is InChI=1S/C10H22O2Si2/c1-10(13-8-4-2-6-11-13)14-9-5-3-7-12-14/h10,13-14H,2-9H2,1H3. The Morgan fingerprint density at radius 2 is 1.36 bits per heavy atom. The molecule has 0 amide bonds. The molecule has 2 heterocycles. The average molecular weight is 230 g/mol. The van der Waals surface area contributed by atoms with Crippen molar-refractivity contribution in [2.45, 2.75) is 49.9 Å². The van der Waals surface area contributed by atoms with E-state index in [2.05, 4.69) is 6.92 Å². The summed E-state index contributed by atoms with van der Waals surface area (Å²) in [4.78, 5) is 0. The van der Waals surface area contributed by atoms with Crippen LogP contribution in [0.1, 0.15) is 32.6 Å². The van der Waals surface area contributed by atoms with E-state index in [0.29, 0.717) is 0 Å². The molecule has 0 aromatic carbocycles. The normalized spacial score (nSPS) is 36.6. The quantitative estimate of drug-likeness (QED) is 0.676. The molecule has 2 fully saturated rings. The van der Waals surface area contributed by atoms with Gasteiger partial charge in [-0.05, 0) is 30.1 Å². The van der Waals surface area contributed by atoms with Crippen LogP contribution < -0.4 is 0 Å². The van der Waals surface area contributed by atoms with E-state index in [1.807, 2.05) is 0 Å². The van der Waals surface area contributed by atoms with Crippen LogP contribution in [0.25, 0.3) is 0 Å². The summed E-state index contributed by atoms with van der Waals surface area (Å²) in [6.45, 7) is 4.51. The number of rotatable bonds is 2. The lowest BCUT2D eigenvalue weighted by molar-refractivity contribution is 0.267. The van der Waals surface area contributed by atoms with Crippen LogP contribution in [0.5, 0.6) is 0 Å². The Bertz CT molecular complexity index is 148. The number of hydrogen-bond donors (Lipinski definition) is 0. The molecule has 2 rings (SSSR count). The first-order valence-corrected chi connectivity index (χ1v) is 10.0. The molecule has 2 aliphatic rings. The fraction of sp³-hybridized carbons (Fsp3) is 1.00. The maximum atomic E-state index is 5.99. The minimum atomic E-state index is -0.857. The zero-order valence-electron chi connectivity index (χ0n) is 9.21. The third-order valence-electron chi connectivity index (χ3n) is 3.60. The lowest BCUT2D eigenvalue weighted by atomic mass is 10.4. The summed E-state index contributed by atoms with van der Waals surface area (Å²) in [5.41, 5.74) is 0. The third kappa shape index (κ3) is 2.69. The number of hydrogen-bond acceptors (Lipinski definition) is 2. The topological polar surface area (TPSA) is 18.5 Å². The monoisotopic (exact) mass is 230 g/mol. The Hall–Kier alpha value is 0.354. The molecule has 2 saturated heterocycles.